The van der Waals surface area contributed by atoms with E-state index in [4.69, 9.17) is 16.7 Å². The molecule has 94 valence electrons. The monoisotopic (exact) mass is 273 g/mol. The number of halogens is 1. The Bertz CT molecular complexity index is 398. The van der Waals surface area contributed by atoms with E-state index < -0.39 is 0 Å². The molecule has 17 heavy (non-hydrogen) atoms. The van der Waals surface area contributed by atoms with Crippen molar-refractivity contribution in [3.05, 3.63) is 28.8 Å². The number of carbonyl (C=O) groups excluding carboxylic acids is 1. The van der Waals surface area contributed by atoms with E-state index in [1.165, 1.54) is 11.8 Å². The summed E-state index contributed by atoms with van der Waals surface area (Å²) in [6.45, 7) is 3.86. The van der Waals surface area contributed by atoms with Crippen LogP contribution >= 0.6 is 23.4 Å². The topological polar surface area (TPSA) is 49.3 Å². The van der Waals surface area contributed by atoms with Crippen molar-refractivity contribution in [2.24, 2.45) is 0 Å². The Morgan fingerprint density at radius 2 is 2.29 bits per heavy atom. The third-order valence-electron chi connectivity index (χ3n) is 2.21. The van der Waals surface area contributed by atoms with Gasteiger partial charge in [0.05, 0.1) is 12.4 Å². The molecule has 0 saturated carbocycles. The summed E-state index contributed by atoms with van der Waals surface area (Å²) in [6.07, 6.45) is 0. The molecule has 0 saturated heterocycles. The third kappa shape index (κ3) is 4.98. The first-order chi connectivity index (χ1) is 8.02. The Kier molecular flexibility index (Phi) is 5.82. The van der Waals surface area contributed by atoms with Crippen LogP contribution < -0.4 is 5.32 Å². The molecule has 5 heteroatoms. The first kappa shape index (κ1) is 14.4. The van der Waals surface area contributed by atoms with Gasteiger partial charge in [-0.3, -0.25) is 4.79 Å². The third-order valence-corrected chi connectivity index (χ3v) is 3.77. The molecule has 1 atom stereocenters. The number of carbonyl (C=O) groups is 1. The molecule has 0 fully saturated rings. The van der Waals surface area contributed by atoms with Gasteiger partial charge in [-0.05, 0) is 24.6 Å². The minimum atomic E-state index is -0.0878. The molecular weight excluding hydrogens is 258 g/mol. The predicted octanol–water partition coefficient (Wildman–Crippen LogP) is 2.70. The second kappa shape index (κ2) is 6.89. The van der Waals surface area contributed by atoms with Crippen LogP contribution in [0, 0.1) is 6.92 Å². The summed E-state index contributed by atoms with van der Waals surface area (Å²) in [4.78, 5) is 11.6. The maximum atomic E-state index is 11.6. The molecule has 0 heterocycles. The Morgan fingerprint density at radius 1 is 1.59 bits per heavy atom. The number of nitrogens with one attached hydrogen (secondary N) is 1. The number of rotatable bonds is 5. The zero-order valence-corrected chi connectivity index (χ0v) is 11.4. The SMILES string of the molecule is Cc1ccc(NC(=O)CSC(C)CO)cc1Cl. The van der Waals surface area contributed by atoms with Crippen molar-refractivity contribution in [1.82, 2.24) is 0 Å². The lowest BCUT2D eigenvalue weighted by Crippen LogP contribution is -2.16. The highest BCUT2D eigenvalue weighted by Gasteiger charge is 2.07. The molecule has 0 spiro atoms. The lowest BCUT2D eigenvalue weighted by molar-refractivity contribution is -0.113. The fourth-order valence-corrected chi connectivity index (χ4v) is 1.93. The van der Waals surface area contributed by atoms with Gasteiger partial charge in [0.25, 0.3) is 0 Å². The van der Waals surface area contributed by atoms with Crippen LogP contribution in [0.4, 0.5) is 5.69 Å². The van der Waals surface area contributed by atoms with Crippen LogP contribution in [0.3, 0.4) is 0 Å². The zero-order chi connectivity index (χ0) is 12.8. The number of amides is 1. The lowest BCUT2D eigenvalue weighted by Gasteiger charge is -2.09. The second-order valence-electron chi connectivity index (χ2n) is 3.82. The highest BCUT2D eigenvalue weighted by molar-refractivity contribution is 8.00. The fraction of sp³-hybridized carbons (Fsp3) is 0.417. The average molecular weight is 274 g/mol. The van der Waals surface area contributed by atoms with Gasteiger partial charge >= 0.3 is 0 Å². The molecular formula is C12H16ClNO2S. The van der Waals surface area contributed by atoms with E-state index in [0.29, 0.717) is 16.5 Å². The minimum Gasteiger partial charge on any atom is -0.395 e. The van der Waals surface area contributed by atoms with E-state index >= 15 is 0 Å². The number of anilines is 1. The molecule has 3 nitrogen and oxygen atoms in total. The first-order valence-electron chi connectivity index (χ1n) is 5.31. The average Bonchev–Trinajstić information content (AvgIpc) is 2.31. The van der Waals surface area contributed by atoms with Gasteiger partial charge in [-0.1, -0.05) is 24.6 Å². The van der Waals surface area contributed by atoms with Crippen molar-refractivity contribution in [3.8, 4) is 0 Å². The molecule has 0 radical (unpaired) electrons. The van der Waals surface area contributed by atoms with Crippen molar-refractivity contribution >= 4 is 35.0 Å². The molecule has 0 bridgehead atoms. The Balaban J connectivity index is 2.48. The molecule has 0 aliphatic carbocycles. The molecule has 2 N–H and O–H groups in total. The quantitative estimate of drug-likeness (QED) is 0.867. The van der Waals surface area contributed by atoms with E-state index in [-0.39, 0.29) is 17.8 Å². The summed E-state index contributed by atoms with van der Waals surface area (Å²) < 4.78 is 0. The van der Waals surface area contributed by atoms with Gasteiger partial charge < -0.3 is 10.4 Å². The highest BCUT2D eigenvalue weighted by atomic mass is 35.5. The van der Waals surface area contributed by atoms with E-state index in [1.807, 2.05) is 26.0 Å². The molecule has 1 aromatic carbocycles. The summed E-state index contributed by atoms with van der Waals surface area (Å²) in [5.74, 6) is 0.239. The largest absolute Gasteiger partial charge is 0.395 e. The minimum absolute atomic E-state index is 0.0716. The van der Waals surface area contributed by atoms with Crippen LogP contribution in [0.25, 0.3) is 0 Å². The van der Waals surface area contributed by atoms with Crippen molar-refractivity contribution in [2.75, 3.05) is 17.7 Å². The van der Waals surface area contributed by atoms with Crippen molar-refractivity contribution < 1.29 is 9.90 Å². The summed E-state index contributed by atoms with van der Waals surface area (Å²) >= 11 is 7.37. The number of benzene rings is 1. The Hall–Kier alpha value is -0.710. The lowest BCUT2D eigenvalue weighted by atomic mass is 10.2. The van der Waals surface area contributed by atoms with Crippen LogP contribution in [-0.2, 0) is 4.79 Å². The van der Waals surface area contributed by atoms with Gasteiger partial charge in [0, 0.05) is 16.0 Å². The van der Waals surface area contributed by atoms with Crippen LogP contribution in [0.15, 0.2) is 18.2 Å². The van der Waals surface area contributed by atoms with Gasteiger partial charge in [0.15, 0.2) is 0 Å². The number of aliphatic hydroxyl groups excluding tert-OH is 1. The number of hydrogen-bond donors (Lipinski definition) is 2. The van der Waals surface area contributed by atoms with Gasteiger partial charge in [-0.25, -0.2) is 0 Å². The van der Waals surface area contributed by atoms with Crippen LogP contribution in [0.2, 0.25) is 5.02 Å². The molecule has 1 rings (SSSR count). The first-order valence-corrected chi connectivity index (χ1v) is 6.74. The molecule has 1 amide bonds. The van der Waals surface area contributed by atoms with E-state index in [2.05, 4.69) is 5.32 Å². The Morgan fingerprint density at radius 3 is 2.88 bits per heavy atom. The molecule has 0 aromatic heterocycles. The van der Waals surface area contributed by atoms with E-state index in [1.54, 1.807) is 6.07 Å². The van der Waals surface area contributed by atoms with Gasteiger partial charge in [-0.2, -0.15) is 0 Å². The molecule has 1 aromatic rings. The van der Waals surface area contributed by atoms with Crippen LogP contribution in [0.1, 0.15) is 12.5 Å². The van der Waals surface area contributed by atoms with Crippen LogP contribution in [-0.4, -0.2) is 28.6 Å². The molecule has 0 aliphatic rings. The van der Waals surface area contributed by atoms with Gasteiger partial charge in [0.1, 0.15) is 0 Å². The highest BCUT2D eigenvalue weighted by Crippen LogP contribution is 2.20. The number of aliphatic hydroxyl groups is 1. The maximum absolute atomic E-state index is 11.6. The molecule has 0 aliphatic heterocycles. The van der Waals surface area contributed by atoms with Crippen LogP contribution in [0.5, 0.6) is 0 Å². The number of thioether (sulfide) groups is 1. The van der Waals surface area contributed by atoms with Crippen molar-refractivity contribution in [2.45, 2.75) is 19.1 Å². The second-order valence-corrected chi connectivity index (χ2v) is 5.65. The summed E-state index contributed by atoms with van der Waals surface area (Å²) in [7, 11) is 0. The van der Waals surface area contributed by atoms with Gasteiger partial charge in [-0.15, -0.1) is 11.8 Å². The number of aryl methyl sites for hydroxylation is 1. The summed E-state index contributed by atoms with van der Waals surface area (Å²) in [6, 6.07) is 5.41. The summed E-state index contributed by atoms with van der Waals surface area (Å²) in [5.41, 5.74) is 1.68. The standard InChI is InChI=1S/C12H16ClNO2S/c1-8-3-4-10(5-11(8)13)14-12(16)7-17-9(2)6-15/h3-5,9,15H,6-7H2,1-2H3,(H,14,16). The van der Waals surface area contributed by atoms with Crippen molar-refractivity contribution in [1.29, 1.82) is 0 Å². The zero-order valence-electron chi connectivity index (χ0n) is 9.87. The maximum Gasteiger partial charge on any atom is 0.234 e. The molecule has 1 unspecified atom stereocenters. The normalized spacial score (nSPS) is 12.2. The Labute approximate surface area is 111 Å². The smallest absolute Gasteiger partial charge is 0.234 e. The predicted molar refractivity (Wildman–Crippen MR) is 73.8 cm³/mol. The van der Waals surface area contributed by atoms with E-state index in [0.717, 1.165) is 5.56 Å². The van der Waals surface area contributed by atoms with Gasteiger partial charge in [0.2, 0.25) is 5.91 Å². The number of hydrogen-bond acceptors (Lipinski definition) is 3. The fourth-order valence-electron chi connectivity index (χ4n) is 1.14. The van der Waals surface area contributed by atoms with Crippen molar-refractivity contribution in [3.63, 3.8) is 0 Å². The summed E-state index contributed by atoms with van der Waals surface area (Å²) in [5, 5.41) is 12.3. The van der Waals surface area contributed by atoms with E-state index in [9.17, 15) is 4.79 Å².